The van der Waals surface area contributed by atoms with E-state index >= 15 is 0 Å². The molecule has 1 atom stereocenters. The Balaban J connectivity index is 1.46. The number of carbonyl (C=O) groups excluding carboxylic acids is 1. The van der Waals surface area contributed by atoms with Gasteiger partial charge in [-0.2, -0.15) is 0 Å². The Labute approximate surface area is 154 Å². The number of anilines is 1. The maximum Gasteiger partial charge on any atom is 0.234 e. The maximum absolute atomic E-state index is 12.3. The summed E-state index contributed by atoms with van der Waals surface area (Å²) in [5, 5.41) is 3.75. The number of amides is 1. The Hall–Kier alpha value is -2.04. The molecular weight excluding hydrogens is 334 g/mol. The Morgan fingerprint density at radius 1 is 1.08 bits per heavy atom. The molecule has 1 amide bonds. The zero-order valence-electron chi connectivity index (χ0n) is 14.5. The van der Waals surface area contributed by atoms with Crippen molar-refractivity contribution in [3.05, 3.63) is 65.2 Å². The first-order chi connectivity index (χ1) is 12.1. The fourth-order valence-corrected chi connectivity index (χ4v) is 3.35. The minimum Gasteiger partial charge on any atom is -0.369 e. The smallest absolute Gasteiger partial charge is 0.234 e. The van der Waals surface area contributed by atoms with Gasteiger partial charge in [0.15, 0.2) is 0 Å². The van der Waals surface area contributed by atoms with Gasteiger partial charge in [0.1, 0.15) is 0 Å². The van der Waals surface area contributed by atoms with Crippen LogP contribution in [0.1, 0.15) is 18.5 Å². The lowest BCUT2D eigenvalue weighted by molar-refractivity contribution is -0.123. The predicted octanol–water partition coefficient (Wildman–Crippen LogP) is 3.34. The summed E-state index contributed by atoms with van der Waals surface area (Å²) >= 11 is 6.02. The maximum atomic E-state index is 12.3. The Kier molecular flexibility index (Phi) is 5.95. The van der Waals surface area contributed by atoms with Crippen molar-refractivity contribution < 1.29 is 4.79 Å². The van der Waals surface area contributed by atoms with Gasteiger partial charge in [0, 0.05) is 36.9 Å². The molecule has 2 aromatic rings. The van der Waals surface area contributed by atoms with Crippen LogP contribution in [0.15, 0.2) is 54.6 Å². The van der Waals surface area contributed by atoms with Crippen LogP contribution in [0, 0.1) is 0 Å². The first kappa shape index (κ1) is 17.8. The van der Waals surface area contributed by atoms with E-state index in [1.807, 2.05) is 37.3 Å². The second-order valence-electron chi connectivity index (χ2n) is 6.44. The van der Waals surface area contributed by atoms with Crippen LogP contribution in [0.2, 0.25) is 5.02 Å². The third kappa shape index (κ3) is 4.97. The largest absolute Gasteiger partial charge is 0.369 e. The number of halogens is 1. The predicted molar refractivity (Wildman–Crippen MR) is 103 cm³/mol. The van der Waals surface area contributed by atoms with Crippen LogP contribution < -0.4 is 10.2 Å². The van der Waals surface area contributed by atoms with Gasteiger partial charge in [-0.1, -0.05) is 41.9 Å². The number of carbonyl (C=O) groups is 1. The number of nitrogens with zero attached hydrogens (tertiary/aromatic N) is 2. The first-order valence-corrected chi connectivity index (χ1v) is 9.07. The summed E-state index contributed by atoms with van der Waals surface area (Å²) in [6.45, 7) is 6.11. The topological polar surface area (TPSA) is 35.6 Å². The third-order valence-corrected chi connectivity index (χ3v) is 4.82. The van der Waals surface area contributed by atoms with E-state index in [4.69, 9.17) is 11.6 Å². The minimum absolute atomic E-state index is 0.0446. The van der Waals surface area contributed by atoms with Gasteiger partial charge in [0.05, 0.1) is 12.6 Å². The molecule has 1 fully saturated rings. The van der Waals surface area contributed by atoms with Crippen molar-refractivity contribution in [1.29, 1.82) is 0 Å². The zero-order chi connectivity index (χ0) is 17.6. The fourth-order valence-electron chi connectivity index (χ4n) is 3.15. The van der Waals surface area contributed by atoms with Gasteiger partial charge >= 0.3 is 0 Å². The summed E-state index contributed by atoms with van der Waals surface area (Å²) in [4.78, 5) is 16.9. The van der Waals surface area contributed by atoms with Gasteiger partial charge in [0.25, 0.3) is 0 Å². The van der Waals surface area contributed by atoms with Crippen molar-refractivity contribution in [2.45, 2.75) is 13.0 Å². The van der Waals surface area contributed by atoms with E-state index in [0.717, 1.165) is 31.7 Å². The van der Waals surface area contributed by atoms with Crippen LogP contribution in [-0.2, 0) is 4.79 Å². The molecule has 0 aromatic heterocycles. The van der Waals surface area contributed by atoms with Gasteiger partial charge in [-0.3, -0.25) is 9.69 Å². The molecular formula is C20H24ClN3O. The highest BCUT2D eigenvalue weighted by Crippen LogP contribution is 2.18. The van der Waals surface area contributed by atoms with E-state index in [1.165, 1.54) is 5.69 Å². The molecule has 0 saturated carbocycles. The van der Waals surface area contributed by atoms with Crippen LogP contribution in [0.5, 0.6) is 0 Å². The molecule has 132 valence electrons. The number of hydrogen-bond acceptors (Lipinski definition) is 3. The highest BCUT2D eigenvalue weighted by atomic mass is 35.5. The molecule has 1 aliphatic heterocycles. The van der Waals surface area contributed by atoms with Crippen LogP contribution in [0.3, 0.4) is 0 Å². The van der Waals surface area contributed by atoms with Crippen LogP contribution in [0.25, 0.3) is 0 Å². The van der Waals surface area contributed by atoms with E-state index in [-0.39, 0.29) is 11.9 Å². The highest BCUT2D eigenvalue weighted by Gasteiger charge is 2.20. The summed E-state index contributed by atoms with van der Waals surface area (Å²) in [7, 11) is 0. The molecule has 3 rings (SSSR count). The van der Waals surface area contributed by atoms with E-state index in [2.05, 4.69) is 39.4 Å². The van der Waals surface area contributed by atoms with E-state index < -0.39 is 0 Å². The Morgan fingerprint density at radius 2 is 1.80 bits per heavy atom. The highest BCUT2D eigenvalue weighted by molar-refractivity contribution is 6.30. The SMILES string of the molecule is C[C@H](NC(=O)CN1CCN(c2ccccc2)CC1)c1cccc(Cl)c1. The van der Waals surface area contributed by atoms with Crippen molar-refractivity contribution in [2.24, 2.45) is 0 Å². The zero-order valence-corrected chi connectivity index (χ0v) is 15.2. The number of benzene rings is 2. The monoisotopic (exact) mass is 357 g/mol. The second-order valence-corrected chi connectivity index (χ2v) is 6.88. The van der Waals surface area contributed by atoms with Crippen molar-refractivity contribution in [1.82, 2.24) is 10.2 Å². The first-order valence-electron chi connectivity index (χ1n) is 8.69. The second kappa shape index (κ2) is 8.37. The molecule has 2 aromatic carbocycles. The molecule has 1 aliphatic rings. The molecule has 1 saturated heterocycles. The molecule has 4 nitrogen and oxygen atoms in total. The lowest BCUT2D eigenvalue weighted by atomic mass is 10.1. The molecule has 25 heavy (non-hydrogen) atoms. The van der Waals surface area contributed by atoms with Gasteiger partial charge < -0.3 is 10.2 Å². The normalized spacial score (nSPS) is 16.5. The van der Waals surface area contributed by atoms with Crippen LogP contribution in [-0.4, -0.2) is 43.5 Å². The summed E-state index contributed by atoms with van der Waals surface area (Å²) < 4.78 is 0. The number of hydrogen-bond donors (Lipinski definition) is 1. The molecule has 1 heterocycles. The molecule has 5 heteroatoms. The van der Waals surface area contributed by atoms with Gasteiger partial charge in [-0.15, -0.1) is 0 Å². The number of para-hydroxylation sites is 1. The van der Waals surface area contributed by atoms with Gasteiger partial charge in [0.2, 0.25) is 5.91 Å². The number of nitrogens with one attached hydrogen (secondary N) is 1. The molecule has 0 spiro atoms. The molecule has 1 N–H and O–H groups in total. The molecule has 0 radical (unpaired) electrons. The molecule has 0 unspecified atom stereocenters. The molecule has 0 aliphatic carbocycles. The minimum atomic E-state index is -0.0446. The Morgan fingerprint density at radius 3 is 2.48 bits per heavy atom. The lowest BCUT2D eigenvalue weighted by Gasteiger charge is -2.35. The average Bonchev–Trinajstić information content (AvgIpc) is 2.63. The van der Waals surface area contributed by atoms with Crippen molar-refractivity contribution in [3.63, 3.8) is 0 Å². The standard InChI is InChI=1S/C20H24ClN3O/c1-16(17-6-5-7-18(21)14-17)22-20(25)15-23-10-12-24(13-11-23)19-8-3-2-4-9-19/h2-9,14,16H,10-13,15H2,1H3,(H,22,25)/t16-/m0/s1. The quantitative estimate of drug-likeness (QED) is 0.891. The molecule has 0 bridgehead atoms. The fraction of sp³-hybridized carbons (Fsp3) is 0.350. The van der Waals surface area contributed by atoms with E-state index in [9.17, 15) is 4.79 Å². The van der Waals surface area contributed by atoms with E-state index in [1.54, 1.807) is 0 Å². The van der Waals surface area contributed by atoms with Crippen LogP contribution in [0.4, 0.5) is 5.69 Å². The average molecular weight is 358 g/mol. The number of piperazine rings is 1. The van der Waals surface area contributed by atoms with E-state index in [0.29, 0.717) is 11.6 Å². The summed E-state index contributed by atoms with van der Waals surface area (Å²) in [6.07, 6.45) is 0. The van der Waals surface area contributed by atoms with Crippen LogP contribution >= 0.6 is 11.6 Å². The summed E-state index contributed by atoms with van der Waals surface area (Å²) in [5.41, 5.74) is 2.27. The third-order valence-electron chi connectivity index (χ3n) is 4.59. The van der Waals surface area contributed by atoms with Gasteiger partial charge in [-0.25, -0.2) is 0 Å². The van der Waals surface area contributed by atoms with Crippen molar-refractivity contribution >= 4 is 23.2 Å². The Bertz CT molecular complexity index is 699. The summed E-state index contributed by atoms with van der Waals surface area (Å²) in [5.74, 6) is 0.0561. The summed E-state index contributed by atoms with van der Waals surface area (Å²) in [6, 6.07) is 18.0. The van der Waals surface area contributed by atoms with Crippen molar-refractivity contribution in [2.75, 3.05) is 37.6 Å². The number of rotatable bonds is 5. The lowest BCUT2D eigenvalue weighted by Crippen LogP contribution is -2.49. The van der Waals surface area contributed by atoms with Crippen molar-refractivity contribution in [3.8, 4) is 0 Å². The van der Waals surface area contributed by atoms with Gasteiger partial charge in [-0.05, 0) is 36.8 Å².